The Morgan fingerprint density at radius 3 is 1.65 bits per heavy atom. The van der Waals surface area contributed by atoms with Crippen LogP contribution in [0.15, 0.2) is 0 Å². The lowest BCUT2D eigenvalue weighted by molar-refractivity contribution is -0.167. The van der Waals surface area contributed by atoms with Crippen LogP contribution in [0.2, 0.25) is 0 Å². The highest BCUT2D eigenvalue weighted by Crippen LogP contribution is 2.70. The van der Waals surface area contributed by atoms with E-state index in [-0.39, 0.29) is 82.6 Å². The van der Waals surface area contributed by atoms with E-state index in [1.165, 1.54) is 0 Å². The number of amides is 2. The molecule has 12 aliphatic rings. The third-order valence-electron chi connectivity index (χ3n) is 22.0. The number of esters is 2. The van der Waals surface area contributed by atoms with Crippen molar-refractivity contribution >= 4 is 23.8 Å². The van der Waals surface area contributed by atoms with Gasteiger partial charge in [0, 0.05) is 38.3 Å². The number of fused-ring (bicyclic) bond motifs is 1. The van der Waals surface area contributed by atoms with Crippen molar-refractivity contribution in [3.8, 4) is 0 Å². The van der Waals surface area contributed by atoms with Gasteiger partial charge in [0.1, 0.15) is 13.2 Å². The van der Waals surface area contributed by atoms with Crippen LogP contribution < -0.4 is 10.6 Å². The van der Waals surface area contributed by atoms with Gasteiger partial charge in [0.2, 0.25) is 11.8 Å². The lowest BCUT2D eigenvalue weighted by Crippen LogP contribution is -2.59. The molecule has 10 heteroatoms. The molecule has 65 heavy (non-hydrogen) atoms. The average molecular weight is 907 g/mol. The predicted molar refractivity (Wildman–Crippen MR) is 252 cm³/mol. The molecule has 5 heterocycles. The zero-order chi connectivity index (χ0) is 46.5. The van der Waals surface area contributed by atoms with E-state index < -0.39 is 6.10 Å². The molecule has 7 saturated carbocycles. The number of nitrogens with one attached hydrogen (secondary N) is 2. The molecule has 14 bridgehead atoms. The smallest absolute Gasteiger partial charge is 0.305 e. The van der Waals surface area contributed by atoms with E-state index in [1.54, 1.807) is 0 Å². The van der Waals surface area contributed by atoms with E-state index in [0.717, 1.165) is 103 Å². The fourth-order valence-corrected chi connectivity index (χ4v) is 18.7. The Kier molecular flexibility index (Phi) is 14.9. The average Bonchev–Trinajstić information content (AvgIpc) is 3.81. The molecule has 12 rings (SSSR count). The molecule has 5 aliphatic heterocycles. The lowest BCUT2D eigenvalue weighted by atomic mass is 9.43. The third-order valence-corrected chi connectivity index (χ3v) is 22.0. The largest absolute Gasteiger partial charge is 0.462 e. The van der Waals surface area contributed by atoms with E-state index in [1.807, 2.05) is 0 Å². The number of aliphatic hydroxyl groups is 2. The highest BCUT2D eigenvalue weighted by atomic mass is 16.6. The Bertz CT molecular complexity index is 1720. The van der Waals surface area contributed by atoms with Gasteiger partial charge in [0.05, 0.1) is 12.2 Å². The van der Waals surface area contributed by atoms with Crippen LogP contribution in [0.4, 0.5) is 0 Å². The molecular weight excluding hydrogens is 817 g/mol. The second-order valence-electron chi connectivity index (χ2n) is 25.0. The monoisotopic (exact) mass is 907 g/mol. The van der Waals surface area contributed by atoms with Gasteiger partial charge in [-0.2, -0.15) is 0 Å². The fraction of sp³-hybridized carbons (Fsp3) is 0.927. The molecule has 0 aromatic heterocycles. The van der Waals surface area contributed by atoms with Crippen LogP contribution in [0.1, 0.15) is 190 Å². The number of hydrogen-bond acceptors (Lipinski definition) is 8. The summed E-state index contributed by atoms with van der Waals surface area (Å²) < 4.78 is 11.2. The zero-order valence-electron chi connectivity index (χ0n) is 41.7. The Morgan fingerprint density at radius 1 is 0.569 bits per heavy atom. The van der Waals surface area contributed by atoms with Crippen molar-refractivity contribution in [3.63, 3.8) is 0 Å². The van der Waals surface area contributed by atoms with Crippen LogP contribution >= 0.6 is 0 Å². The summed E-state index contributed by atoms with van der Waals surface area (Å²) in [6, 6.07) is 0.108. The first-order chi connectivity index (χ1) is 30.9. The molecular formula is C55H90N2O8. The minimum absolute atomic E-state index is 0.00144. The van der Waals surface area contributed by atoms with Crippen molar-refractivity contribution in [1.29, 1.82) is 0 Å². The van der Waals surface area contributed by atoms with Crippen LogP contribution in [-0.4, -0.2) is 72.0 Å². The number of carbonyl (C=O) groups excluding carboxylic acids is 4. The van der Waals surface area contributed by atoms with Crippen molar-refractivity contribution in [1.82, 2.24) is 10.6 Å². The van der Waals surface area contributed by atoms with Crippen LogP contribution in [0.3, 0.4) is 0 Å². The van der Waals surface area contributed by atoms with Gasteiger partial charge in [0.15, 0.2) is 0 Å². The van der Waals surface area contributed by atoms with E-state index in [4.69, 9.17) is 9.47 Å². The van der Waals surface area contributed by atoms with Crippen LogP contribution in [-0.2, 0) is 28.7 Å². The molecule has 0 spiro atoms. The molecule has 4 N–H and O–H groups in total. The first-order valence-corrected chi connectivity index (χ1v) is 27.2. The zero-order valence-corrected chi connectivity index (χ0v) is 41.7. The van der Waals surface area contributed by atoms with Gasteiger partial charge >= 0.3 is 11.9 Å². The van der Waals surface area contributed by atoms with Crippen LogP contribution in [0.25, 0.3) is 0 Å². The maximum atomic E-state index is 13.4. The van der Waals surface area contributed by atoms with Crippen molar-refractivity contribution in [3.05, 3.63) is 0 Å². The molecule has 19 atom stereocenters. The molecule has 368 valence electrons. The van der Waals surface area contributed by atoms with Crippen molar-refractivity contribution in [2.75, 3.05) is 19.8 Å². The van der Waals surface area contributed by atoms with E-state index >= 15 is 0 Å². The van der Waals surface area contributed by atoms with E-state index in [2.05, 4.69) is 59.1 Å². The normalized spacial score (nSPS) is 49.3. The van der Waals surface area contributed by atoms with Gasteiger partial charge in [-0.3, -0.25) is 19.2 Å². The Labute approximate surface area is 392 Å². The molecule has 12 fully saturated rings. The summed E-state index contributed by atoms with van der Waals surface area (Å²) in [7, 11) is 0. The summed E-state index contributed by atoms with van der Waals surface area (Å²) in [6.07, 6.45) is 18.3. The maximum Gasteiger partial charge on any atom is 0.305 e. The molecule has 5 saturated heterocycles. The first-order valence-electron chi connectivity index (χ1n) is 27.2. The SMILES string of the molecule is CCC[C@]1(C)C2CNC(=O)CCCC(=O)N[C@H]3CC[C@@]4(C)C(C3)C[C@H](O)C3[C@@H]5CC[C@H]([C@H](C)CCC(=O)OCCOC(=O)CC[C@H](C)[C@@H]6CC[C@@H]7C([C@H](O)C2)[C@H]1CC[C@]76C)[C@@]5(C)CC[C@@H]34. The molecule has 0 aromatic carbocycles. The molecule has 0 radical (unpaired) electrons. The number of carbonyl (C=O) groups is 4. The second kappa shape index (κ2) is 19.7. The summed E-state index contributed by atoms with van der Waals surface area (Å²) in [5.41, 5.74) is 0.432. The summed E-state index contributed by atoms with van der Waals surface area (Å²) in [5.74, 6) is 4.21. The van der Waals surface area contributed by atoms with Crippen molar-refractivity contribution < 1.29 is 38.9 Å². The van der Waals surface area contributed by atoms with Gasteiger partial charge < -0.3 is 30.3 Å². The Balaban J connectivity index is 0.938. The van der Waals surface area contributed by atoms with Crippen molar-refractivity contribution in [2.45, 2.75) is 208 Å². The minimum atomic E-state index is -0.400. The molecule has 2 amide bonds. The number of hydrogen-bond donors (Lipinski definition) is 4. The van der Waals surface area contributed by atoms with E-state index in [9.17, 15) is 29.4 Å². The summed E-state index contributed by atoms with van der Waals surface area (Å²) in [5, 5.41) is 30.7. The summed E-state index contributed by atoms with van der Waals surface area (Å²) >= 11 is 0. The number of rotatable bonds is 2. The number of ether oxygens (including phenoxy) is 2. The van der Waals surface area contributed by atoms with Gasteiger partial charge in [-0.25, -0.2) is 0 Å². The predicted octanol–water partition coefficient (Wildman–Crippen LogP) is 9.57. The van der Waals surface area contributed by atoms with Crippen LogP contribution in [0, 0.1) is 92.7 Å². The molecule has 10 nitrogen and oxygen atoms in total. The molecule has 4 unspecified atom stereocenters. The topological polar surface area (TPSA) is 151 Å². The van der Waals surface area contributed by atoms with Gasteiger partial charge in [-0.05, 0) is 202 Å². The number of aliphatic hydroxyl groups excluding tert-OH is 2. The first kappa shape index (κ1) is 49.2. The molecule has 0 aromatic rings. The van der Waals surface area contributed by atoms with Gasteiger partial charge in [-0.1, -0.05) is 54.9 Å². The highest BCUT2D eigenvalue weighted by molar-refractivity contribution is 5.79. The second-order valence-corrected chi connectivity index (χ2v) is 25.0. The summed E-state index contributed by atoms with van der Waals surface area (Å²) in [6.45, 7) is 17.5. The van der Waals surface area contributed by atoms with Crippen LogP contribution in [0.5, 0.6) is 0 Å². The van der Waals surface area contributed by atoms with Gasteiger partial charge in [0.25, 0.3) is 0 Å². The van der Waals surface area contributed by atoms with Crippen molar-refractivity contribution in [2.24, 2.45) is 92.7 Å². The fourth-order valence-electron chi connectivity index (χ4n) is 18.7. The quantitative estimate of drug-likeness (QED) is 0.200. The standard InChI is InChI=1S/C55H90N2O8/c1-8-23-52(4)36-31-45(59)50-40-16-14-38(54(40,6)25-21-42(50)52)33(2)12-18-48(62)64-27-28-65-49(63)19-13-34(3)39-15-17-41-51-43(22-26-55(39,41)7)53(5)24-20-37(29-35(53)30-44(51)58)57-47(61)11-9-10-46(60)56-32-36/h33-45,50-51,58-59H,8-32H2,1-7H3,(H,56,60)(H,57,61)/t33-,34+,35?,36?,37-,38-,39+,40+,41-,42+,43-,44-,45+,50?,51?,52+,53-,54-,55+/m0/s1. The van der Waals surface area contributed by atoms with E-state index in [0.29, 0.717) is 104 Å². The summed E-state index contributed by atoms with van der Waals surface area (Å²) in [4.78, 5) is 52.7. The Morgan fingerprint density at radius 2 is 1.06 bits per heavy atom. The highest BCUT2D eigenvalue weighted by Gasteiger charge is 2.64. The minimum Gasteiger partial charge on any atom is -0.462 e. The maximum absolute atomic E-state index is 13.4. The Hall–Kier alpha value is -2.20. The van der Waals surface area contributed by atoms with Gasteiger partial charge in [-0.15, -0.1) is 0 Å². The lowest BCUT2D eigenvalue weighted by Gasteiger charge is -2.62. The third kappa shape index (κ3) is 9.34. The molecule has 7 aliphatic carbocycles.